The van der Waals surface area contributed by atoms with Crippen molar-refractivity contribution >= 4 is 12.0 Å². The van der Waals surface area contributed by atoms with Crippen LogP contribution in [0.25, 0.3) is 6.08 Å². The van der Waals surface area contributed by atoms with Crippen LogP contribution in [-0.2, 0) is 16.0 Å². The topological polar surface area (TPSA) is 26.3 Å². The van der Waals surface area contributed by atoms with E-state index in [-0.39, 0.29) is 5.97 Å². The van der Waals surface area contributed by atoms with E-state index < -0.39 is 0 Å². The van der Waals surface area contributed by atoms with Gasteiger partial charge in [-0.25, -0.2) is 4.79 Å². The van der Waals surface area contributed by atoms with Crippen LogP contribution in [0.2, 0.25) is 0 Å². The van der Waals surface area contributed by atoms with Crippen molar-refractivity contribution < 1.29 is 9.53 Å². The third-order valence-corrected chi connectivity index (χ3v) is 3.92. The van der Waals surface area contributed by atoms with E-state index in [4.69, 9.17) is 4.74 Å². The molecule has 0 aliphatic heterocycles. The first kappa shape index (κ1) is 18.5. The predicted molar refractivity (Wildman–Crippen MR) is 93.7 cm³/mol. The maximum atomic E-state index is 11.6. The van der Waals surface area contributed by atoms with Crippen LogP contribution in [0, 0.1) is 5.92 Å². The van der Waals surface area contributed by atoms with Crippen LogP contribution in [0.4, 0.5) is 0 Å². The van der Waals surface area contributed by atoms with Crippen molar-refractivity contribution in [1.82, 2.24) is 0 Å². The lowest BCUT2D eigenvalue weighted by atomic mass is 10.0. The minimum absolute atomic E-state index is 0.260. The normalized spacial score (nSPS) is 12.5. The molecule has 0 heterocycles. The van der Waals surface area contributed by atoms with Crippen molar-refractivity contribution in [3.05, 3.63) is 41.5 Å². The fraction of sp³-hybridized carbons (Fsp3) is 0.550. The van der Waals surface area contributed by atoms with Gasteiger partial charge in [-0.3, -0.25) is 0 Å². The largest absolute Gasteiger partial charge is 0.462 e. The van der Waals surface area contributed by atoms with Crippen molar-refractivity contribution in [1.29, 1.82) is 0 Å². The van der Waals surface area contributed by atoms with E-state index in [1.807, 2.05) is 6.08 Å². The molecule has 1 aromatic rings. The Hall–Kier alpha value is -1.57. The van der Waals surface area contributed by atoms with Crippen LogP contribution in [0.1, 0.15) is 64.0 Å². The summed E-state index contributed by atoms with van der Waals surface area (Å²) in [5.74, 6) is 0.160. The van der Waals surface area contributed by atoms with Gasteiger partial charge >= 0.3 is 5.97 Å². The van der Waals surface area contributed by atoms with Gasteiger partial charge in [0.2, 0.25) is 0 Å². The molecule has 0 saturated carbocycles. The summed E-state index contributed by atoms with van der Waals surface area (Å²) in [4.78, 5) is 11.6. The highest BCUT2D eigenvalue weighted by Gasteiger charge is 2.02. The average molecular weight is 302 g/mol. The molecule has 0 radical (unpaired) electrons. The molecule has 0 amide bonds. The molecule has 0 aromatic heterocycles. The highest BCUT2D eigenvalue weighted by molar-refractivity contribution is 5.87. The van der Waals surface area contributed by atoms with E-state index in [0.29, 0.717) is 12.5 Å². The lowest BCUT2D eigenvalue weighted by Crippen LogP contribution is -2.08. The highest BCUT2D eigenvalue weighted by atomic mass is 16.5. The molecule has 0 aliphatic rings. The number of unbranched alkanes of at least 4 members (excludes halogenated alkanes) is 3. The predicted octanol–water partition coefficient (Wildman–Crippen LogP) is 5.41. The number of carbonyl (C=O) groups is 1. The molecule has 2 nitrogen and oxygen atoms in total. The summed E-state index contributed by atoms with van der Waals surface area (Å²) in [6, 6.07) is 8.42. The van der Waals surface area contributed by atoms with Crippen LogP contribution in [0.15, 0.2) is 30.3 Å². The number of rotatable bonds is 10. The number of aryl methyl sites for hydroxylation is 1. The summed E-state index contributed by atoms with van der Waals surface area (Å²) in [5, 5.41) is 0. The molecule has 1 unspecified atom stereocenters. The first-order valence-corrected chi connectivity index (χ1v) is 8.59. The van der Waals surface area contributed by atoms with Gasteiger partial charge in [0, 0.05) is 6.08 Å². The molecule has 1 atom stereocenters. The second kappa shape index (κ2) is 11.1. The van der Waals surface area contributed by atoms with Gasteiger partial charge in [-0.2, -0.15) is 0 Å². The molecule has 0 bridgehead atoms. The summed E-state index contributed by atoms with van der Waals surface area (Å²) >= 11 is 0. The van der Waals surface area contributed by atoms with E-state index >= 15 is 0 Å². The Morgan fingerprint density at radius 2 is 1.86 bits per heavy atom. The van der Waals surface area contributed by atoms with Gasteiger partial charge in [0.1, 0.15) is 0 Å². The van der Waals surface area contributed by atoms with Crippen LogP contribution >= 0.6 is 0 Å². The Balaban J connectivity index is 2.36. The smallest absolute Gasteiger partial charge is 0.330 e. The molecular weight excluding hydrogens is 272 g/mol. The zero-order valence-electron chi connectivity index (χ0n) is 14.3. The minimum atomic E-state index is -0.260. The lowest BCUT2D eigenvalue weighted by Gasteiger charge is -2.07. The van der Waals surface area contributed by atoms with Crippen molar-refractivity contribution in [2.24, 2.45) is 5.92 Å². The minimum Gasteiger partial charge on any atom is -0.462 e. The van der Waals surface area contributed by atoms with Crippen LogP contribution in [0.5, 0.6) is 0 Å². The number of benzene rings is 1. The maximum absolute atomic E-state index is 11.6. The number of esters is 1. The second-order valence-electron chi connectivity index (χ2n) is 6.03. The number of hydrogen-bond acceptors (Lipinski definition) is 2. The third-order valence-electron chi connectivity index (χ3n) is 3.92. The van der Waals surface area contributed by atoms with Gasteiger partial charge in [-0.15, -0.1) is 0 Å². The highest BCUT2D eigenvalue weighted by Crippen LogP contribution is 2.11. The van der Waals surface area contributed by atoms with Gasteiger partial charge in [0.25, 0.3) is 0 Å². The van der Waals surface area contributed by atoms with E-state index in [9.17, 15) is 4.79 Å². The Bertz CT molecular complexity index is 445. The lowest BCUT2D eigenvalue weighted by molar-refractivity contribution is -0.138. The van der Waals surface area contributed by atoms with Crippen molar-refractivity contribution in [2.75, 3.05) is 6.61 Å². The fourth-order valence-electron chi connectivity index (χ4n) is 2.11. The van der Waals surface area contributed by atoms with E-state index in [1.165, 1.54) is 37.3 Å². The fourth-order valence-corrected chi connectivity index (χ4v) is 2.11. The van der Waals surface area contributed by atoms with E-state index in [0.717, 1.165) is 18.4 Å². The molecule has 122 valence electrons. The van der Waals surface area contributed by atoms with Gasteiger partial charge < -0.3 is 4.74 Å². The third kappa shape index (κ3) is 8.02. The summed E-state index contributed by atoms with van der Waals surface area (Å²) in [5.41, 5.74) is 2.41. The summed E-state index contributed by atoms with van der Waals surface area (Å²) in [7, 11) is 0. The Labute approximate surface area is 135 Å². The van der Waals surface area contributed by atoms with E-state index in [1.54, 1.807) is 0 Å². The molecule has 2 heteroatoms. The van der Waals surface area contributed by atoms with E-state index in [2.05, 4.69) is 45.0 Å². The monoisotopic (exact) mass is 302 g/mol. The first-order valence-electron chi connectivity index (χ1n) is 8.59. The van der Waals surface area contributed by atoms with Gasteiger partial charge in [0.15, 0.2) is 0 Å². The summed E-state index contributed by atoms with van der Waals surface area (Å²) in [6.07, 6.45) is 10.7. The van der Waals surface area contributed by atoms with Crippen LogP contribution < -0.4 is 0 Å². The Morgan fingerprint density at radius 1 is 1.14 bits per heavy atom. The standard InChI is InChI=1S/C20H30O2/c1-4-6-7-8-9-18-10-12-19(13-11-18)14-15-20(21)22-16-17(3)5-2/h10-15,17H,4-9,16H2,1-3H3/b15-14+. The van der Waals surface area contributed by atoms with Crippen molar-refractivity contribution in [3.63, 3.8) is 0 Å². The number of carbonyl (C=O) groups excluding carboxylic acids is 1. The Kier molecular flexibility index (Phi) is 9.29. The SMILES string of the molecule is CCCCCCc1ccc(/C=C/C(=O)OCC(C)CC)cc1. The van der Waals surface area contributed by atoms with Gasteiger partial charge in [0.05, 0.1) is 6.61 Å². The molecule has 1 rings (SSSR count). The quantitative estimate of drug-likeness (QED) is 0.328. The van der Waals surface area contributed by atoms with Crippen LogP contribution in [0.3, 0.4) is 0 Å². The average Bonchev–Trinajstić information content (AvgIpc) is 2.55. The van der Waals surface area contributed by atoms with Crippen LogP contribution in [-0.4, -0.2) is 12.6 Å². The zero-order valence-corrected chi connectivity index (χ0v) is 14.3. The Morgan fingerprint density at radius 3 is 2.50 bits per heavy atom. The first-order chi connectivity index (χ1) is 10.7. The summed E-state index contributed by atoms with van der Waals surface area (Å²) < 4.78 is 5.19. The number of hydrogen-bond donors (Lipinski definition) is 0. The molecule has 0 saturated heterocycles. The molecule has 0 spiro atoms. The molecule has 0 fully saturated rings. The summed E-state index contributed by atoms with van der Waals surface area (Å²) in [6.45, 7) is 6.90. The van der Waals surface area contributed by atoms with Crippen molar-refractivity contribution in [3.8, 4) is 0 Å². The molecule has 0 N–H and O–H groups in total. The second-order valence-corrected chi connectivity index (χ2v) is 6.03. The zero-order chi connectivity index (χ0) is 16.2. The van der Waals surface area contributed by atoms with Gasteiger partial charge in [-0.1, -0.05) is 70.7 Å². The van der Waals surface area contributed by atoms with Gasteiger partial charge in [-0.05, 0) is 36.0 Å². The molecule has 0 aliphatic carbocycles. The maximum Gasteiger partial charge on any atom is 0.330 e. The van der Waals surface area contributed by atoms with Crippen molar-refractivity contribution in [2.45, 2.75) is 59.3 Å². The molecular formula is C20H30O2. The molecule has 22 heavy (non-hydrogen) atoms. The molecule has 1 aromatic carbocycles. The number of ether oxygens (including phenoxy) is 1.